The quantitative estimate of drug-likeness (QED) is 0.804. The molecular weight excluding hydrogens is 352 g/mol. The molecule has 0 heterocycles. The standard InChI is InChI=1S/C20H23ClN2O3/c1-14-4-5-15(12-18(14)21)6-11-20(25)23(2)13-19(24)22-16-7-9-17(26-3)10-8-16/h4-5,7-10,12H,6,11,13H2,1-3H3,(H,22,24). The van der Waals surface area contributed by atoms with Crippen LogP contribution in [0.15, 0.2) is 42.5 Å². The molecular formula is C20H23ClN2O3. The number of halogens is 1. The van der Waals surface area contributed by atoms with E-state index in [1.165, 1.54) is 4.90 Å². The number of nitrogens with zero attached hydrogens (tertiary/aromatic N) is 1. The van der Waals surface area contributed by atoms with Crippen LogP contribution in [0, 0.1) is 6.92 Å². The molecule has 0 unspecified atom stereocenters. The highest BCUT2D eigenvalue weighted by atomic mass is 35.5. The first-order chi connectivity index (χ1) is 12.4. The summed E-state index contributed by atoms with van der Waals surface area (Å²) in [6.07, 6.45) is 0.912. The largest absolute Gasteiger partial charge is 0.497 e. The van der Waals surface area contributed by atoms with Gasteiger partial charge in [0.1, 0.15) is 5.75 Å². The van der Waals surface area contributed by atoms with E-state index in [0.29, 0.717) is 29.3 Å². The molecule has 0 radical (unpaired) electrons. The Kier molecular flexibility index (Phi) is 7.04. The lowest BCUT2D eigenvalue weighted by Gasteiger charge is -2.17. The van der Waals surface area contributed by atoms with Crippen molar-refractivity contribution in [1.82, 2.24) is 4.90 Å². The lowest BCUT2D eigenvalue weighted by molar-refractivity contribution is -0.133. The molecule has 0 aliphatic heterocycles. The number of carbonyl (C=O) groups is 2. The van der Waals surface area contributed by atoms with Crippen LogP contribution in [-0.2, 0) is 16.0 Å². The first-order valence-corrected chi connectivity index (χ1v) is 8.69. The zero-order valence-electron chi connectivity index (χ0n) is 15.2. The maximum absolute atomic E-state index is 12.2. The molecule has 1 N–H and O–H groups in total. The van der Waals surface area contributed by atoms with Crippen LogP contribution in [0.2, 0.25) is 5.02 Å². The van der Waals surface area contributed by atoms with Gasteiger partial charge in [0.2, 0.25) is 11.8 Å². The maximum atomic E-state index is 12.2. The maximum Gasteiger partial charge on any atom is 0.243 e. The molecule has 0 aliphatic carbocycles. The van der Waals surface area contributed by atoms with E-state index in [1.807, 2.05) is 25.1 Å². The fraction of sp³-hybridized carbons (Fsp3) is 0.300. The summed E-state index contributed by atoms with van der Waals surface area (Å²) in [6, 6.07) is 12.8. The van der Waals surface area contributed by atoms with Gasteiger partial charge in [0.05, 0.1) is 13.7 Å². The summed E-state index contributed by atoms with van der Waals surface area (Å²) < 4.78 is 5.07. The van der Waals surface area contributed by atoms with Crippen molar-refractivity contribution in [1.29, 1.82) is 0 Å². The minimum Gasteiger partial charge on any atom is -0.497 e. The number of nitrogens with one attached hydrogen (secondary N) is 1. The summed E-state index contributed by atoms with van der Waals surface area (Å²) in [7, 11) is 3.21. The molecule has 0 fully saturated rings. The molecule has 0 saturated carbocycles. The fourth-order valence-electron chi connectivity index (χ4n) is 2.41. The number of anilines is 1. The van der Waals surface area contributed by atoms with Crippen LogP contribution < -0.4 is 10.1 Å². The van der Waals surface area contributed by atoms with Crippen molar-refractivity contribution in [3.63, 3.8) is 0 Å². The normalized spacial score (nSPS) is 10.3. The van der Waals surface area contributed by atoms with Gasteiger partial charge in [-0.1, -0.05) is 23.7 Å². The molecule has 2 amide bonds. The summed E-state index contributed by atoms with van der Waals surface area (Å²) >= 11 is 6.10. The number of carbonyl (C=O) groups excluding carboxylic acids is 2. The number of hydrogen-bond acceptors (Lipinski definition) is 3. The van der Waals surface area contributed by atoms with E-state index in [2.05, 4.69) is 5.32 Å². The van der Waals surface area contributed by atoms with Crippen molar-refractivity contribution in [2.45, 2.75) is 19.8 Å². The van der Waals surface area contributed by atoms with Crippen molar-refractivity contribution >= 4 is 29.1 Å². The van der Waals surface area contributed by atoms with Gasteiger partial charge >= 0.3 is 0 Å². The molecule has 2 aromatic rings. The minimum atomic E-state index is -0.246. The van der Waals surface area contributed by atoms with Crippen LogP contribution in [0.3, 0.4) is 0 Å². The monoisotopic (exact) mass is 374 g/mol. The third-order valence-electron chi connectivity index (χ3n) is 4.04. The molecule has 0 saturated heterocycles. The number of rotatable bonds is 7. The molecule has 0 atom stereocenters. The van der Waals surface area contributed by atoms with Gasteiger partial charge in [0.15, 0.2) is 0 Å². The van der Waals surface area contributed by atoms with Crippen molar-refractivity contribution in [2.24, 2.45) is 0 Å². The Balaban J connectivity index is 1.81. The second-order valence-corrected chi connectivity index (χ2v) is 6.52. The van der Waals surface area contributed by atoms with Gasteiger partial charge in [-0.3, -0.25) is 9.59 Å². The topological polar surface area (TPSA) is 58.6 Å². The molecule has 0 bridgehead atoms. The van der Waals surface area contributed by atoms with Crippen LogP contribution in [-0.4, -0.2) is 37.4 Å². The lowest BCUT2D eigenvalue weighted by Crippen LogP contribution is -2.35. The molecule has 0 spiro atoms. The van der Waals surface area contributed by atoms with E-state index < -0.39 is 0 Å². The fourth-order valence-corrected chi connectivity index (χ4v) is 2.62. The molecule has 2 rings (SSSR count). The highest BCUT2D eigenvalue weighted by Gasteiger charge is 2.13. The summed E-state index contributed by atoms with van der Waals surface area (Å²) in [5.41, 5.74) is 2.67. The zero-order chi connectivity index (χ0) is 19.1. The number of ether oxygens (including phenoxy) is 1. The minimum absolute atomic E-state index is 0.000480. The predicted octanol–water partition coefficient (Wildman–Crippen LogP) is 3.69. The summed E-state index contributed by atoms with van der Waals surface area (Å²) in [4.78, 5) is 25.7. The number of hydrogen-bond donors (Lipinski definition) is 1. The average Bonchev–Trinajstić information content (AvgIpc) is 2.62. The summed E-state index contributed by atoms with van der Waals surface area (Å²) in [6.45, 7) is 1.94. The Hall–Kier alpha value is -2.53. The first-order valence-electron chi connectivity index (χ1n) is 8.32. The Labute approximate surface area is 158 Å². The van der Waals surface area contributed by atoms with E-state index in [0.717, 1.165) is 11.1 Å². The van der Waals surface area contributed by atoms with E-state index in [9.17, 15) is 9.59 Å². The number of aryl methyl sites for hydroxylation is 2. The molecule has 2 aromatic carbocycles. The highest BCUT2D eigenvalue weighted by molar-refractivity contribution is 6.31. The van der Waals surface area contributed by atoms with E-state index in [-0.39, 0.29) is 18.4 Å². The molecule has 26 heavy (non-hydrogen) atoms. The van der Waals surface area contributed by atoms with Crippen molar-refractivity contribution in [3.05, 3.63) is 58.6 Å². The van der Waals surface area contributed by atoms with Gasteiger partial charge in [0, 0.05) is 24.2 Å². The van der Waals surface area contributed by atoms with Gasteiger partial charge in [-0.25, -0.2) is 0 Å². The lowest BCUT2D eigenvalue weighted by atomic mass is 10.1. The van der Waals surface area contributed by atoms with Crippen molar-refractivity contribution < 1.29 is 14.3 Å². The predicted molar refractivity (Wildman–Crippen MR) is 104 cm³/mol. The van der Waals surface area contributed by atoms with Gasteiger partial charge in [-0.15, -0.1) is 0 Å². The number of benzene rings is 2. The van der Waals surface area contributed by atoms with Crippen molar-refractivity contribution in [2.75, 3.05) is 26.0 Å². The van der Waals surface area contributed by atoms with Gasteiger partial charge in [-0.05, 0) is 54.8 Å². The number of amides is 2. The number of likely N-dealkylation sites (N-methyl/N-ethyl adjacent to an activating group) is 1. The second kappa shape index (κ2) is 9.25. The Morgan fingerprint density at radius 2 is 1.85 bits per heavy atom. The SMILES string of the molecule is COc1ccc(NC(=O)CN(C)C(=O)CCc2ccc(C)c(Cl)c2)cc1. The van der Waals surface area contributed by atoms with Gasteiger partial charge < -0.3 is 15.0 Å². The van der Waals surface area contributed by atoms with E-state index in [4.69, 9.17) is 16.3 Å². The van der Waals surface area contributed by atoms with E-state index in [1.54, 1.807) is 38.4 Å². The van der Waals surface area contributed by atoms with Gasteiger partial charge in [-0.2, -0.15) is 0 Å². The van der Waals surface area contributed by atoms with Crippen LogP contribution in [0.25, 0.3) is 0 Å². The smallest absolute Gasteiger partial charge is 0.243 e. The van der Waals surface area contributed by atoms with Crippen LogP contribution in [0.4, 0.5) is 5.69 Å². The number of methoxy groups -OCH3 is 1. The van der Waals surface area contributed by atoms with E-state index >= 15 is 0 Å². The first kappa shape index (κ1) is 19.8. The van der Waals surface area contributed by atoms with Gasteiger partial charge in [0.25, 0.3) is 0 Å². The third kappa shape index (κ3) is 5.77. The van der Waals surface area contributed by atoms with Crippen molar-refractivity contribution in [3.8, 4) is 5.75 Å². The zero-order valence-corrected chi connectivity index (χ0v) is 16.0. The average molecular weight is 375 g/mol. The molecule has 6 heteroatoms. The molecule has 138 valence electrons. The van der Waals surface area contributed by atoms with Crippen LogP contribution >= 0.6 is 11.6 Å². The summed E-state index contributed by atoms with van der Waals surface area (Å²) in [5.74, 6) is 0.377. The molecule has 5 nitrogen and oxygen atoms in total. The Bertz CT molecular complexity index is 775. The molecule has 0 aliphatic rings. The highest BCUT2D eigenvalue weighted by Crippen LogP contribution is 2.18. The molecule has 0 aromatic heterocycles. The summed E-state index contributed by atoms with van der Waals surface area (Å²) in [5, 5.41) is 3.46. The van der Waals surface area contributed by atoms with Crippen LogP contribution in [0.1, 0.15) is 17.5 Å². The van der Waals surface area contributed by atoms with Crippen LogP contribution in [0.5, 0.6) is 5.75 Å². The second-order valence-electron chi connectivity index (χ2n) is 6.11. The Morgan fingerprint density at radius 1 is 1.15 bits per heavy atom. The Morgan fingerprint density at radius 3 is 2.46 bits per heavy atom. The third-order valence-corrected chi connectivity index (χ3v) is 4.45.